The molecule has 1 nitrogen and oxygen atoms in total. The second-order valence-corrected chi connectivity index (χ2v) is 7.18. The molecule has 20 heavy (non-hydrogen) atoms. The molecule has 2 atom stereocenters. The lowest BCUT2D eigenvalue weighted by atomic mass is 9.58. The molecule has 0 aromatic heterocycles. The SMILES string of the molecule is CCC(C)CC(N(C)C)C1(c2ccc(Cl)cc2)CCC1. The minimum atomic E-state index is 0.345. The monoisotopic (exact) mass is 293 g/mol. The van der Waals surface area contributed by atoms with Crippen LogP contribution in [0.5, 0.6) is 0 Å². The van der Waals surface area contributed by atoms with Crippen molar-refractivity contribution in [1.29, 1.82) is 0 Å². The van der Waals surface area contributed by atoms with E-state index in [9.17, 15) is 0 Å². The van der Waals surface area contributed by atoms with Crippen LogP contribution in [0.1, 0.15) is 51.5 Å². The van der Waals surface area contributed by atoms with E-state index in [0.717, 1.165) is 10.9 Å². The molecular weight excluding hydrogens is 266 g/mol. The normalized spacial score (nSPS) is 20.5. The van der Waals surface area contributed by atoms with Crippen molar-refractivity contribution in [2.45, 2.75) is 57.4 Å². The molecule has 1 aromatic rings. The van der Waals surface area contributed by atoms with Crippen LogP contribution >= 0.6 is 11.6 Å². The summed E-state index contributed by atoms with van der Waals surface area (Å²) in [4.78, 5) is 2.44. The number of rotatable bonds is 6. The molecule has 0 bridgehead atoms. The van der Waals surface area contributed by atoms with E-state index in [1.807, 2.05) is 12.1 Å². The van der Waals surface area contributed by atoms with Gasteiger partial charge in [0, 0.05) is 16.5 Å². The van der Waals surface area contributed by atoms with Gasteiger partial charge in [0.1, 0.15) is 0 Å². The maximum absolute atomic E-state index is 6.06. The Morgan fingerprint density at radius 1 is 1.20 bits per heavy atom. The second kappa shape index (κ2) is 6.49. The summed E-state index contributed by atoms with van der Waals surface area (Å²) in [6.45, 7) is 4.68. The van der Waals surface area contributed by atoms with Crippen molar-refractivity contribution in [2.75, 3.05) is 14.1 Å². The van der Waals surface area contributed by atoms with Crippen LogP contribution < -0.4 is 0 Å². The quantitative estimate of drug-likeness (QED) is 0.703. The van der Waals surface area contributed by atoms with Crippen LogP contribution in [0.25, 0.3) is 0 Å². The van der Waals surface area contributed by atoms with E-state index in [2.05, 4.69) is 45.0 Å². The lowest BCUT2D eigenvalue weighted by molar-refractivity contribution is 0.0785. The fourth-order valence-corrected chi connectivity index (χ4v) is 3.76. The standard InChI is InChI=1S/C18H28ClN/c1-5-14(2)13-17(20(3)4)18(11-6-12-18)15-7-9-16(19)10-8-15/h7-10,14,17H,5-6,11-13H2,1-4H3. The van der Waals surface area contributed by atoms with Gasteiger partial charge in [-0.05, 0) is 57.0 Å². The molecule has 0 spiro atoms. The number of nitrogens with zero attached hydrogens (tertiary/aromatic N) is 1. The third-order valence-corrected chi connectivity index (χ3v) is 5.50. The maximum Gasteiger partial charge on any atom is 0.0406 e. The molecule has 0 N–H and O–H groups in total. The summed E-state index contributed by atoms with van der Waals surface area (Å²) in [5.74, 6) is 0.784. The first-order valence-electron chi connectivity index (χ1n) is 7.92. The zero-order chi connectivity index (χ0) is 14.8. The summed E-state index contributed by atoms with van der Waals surface area (Å²) >= 11 is 6.06. The number of hydrogen-bond acceptors (Lipinski definition) is 1. The second-order valence-electron chi connectivity index (χ2n) is 6.75. The number of benzene rings is 1. The molecule has 2 heteroatoms. The summed E-state index contributed by atoms with van der Waals surface area (Å²) < 4.78 is 0. The molecule has 1 fully saturated rings. The highest BCUT2D eigenvalue weighted by molar-refractivity contribution is 6.30. The molecule has 2 unspecified atom stereocenters. The molecule has 1 saturated carbocycles. The minimum Gasteiger partial charge on any atom is -0.306 e. The van der Waals surface area contributed by atoms with E-state index in [-0.39, 0.29) is 0 Å². The average Bonchev–Trinajstić information content (AvgIpc) is 2.37. The Kier molecular flexibility index (Phi) is 5.14. The van der Waals surface area contributed by atoms with Crippen molar-refractivity contribution in [3.8, 4) is 0 Å². The number of halogens is 1. The smallest absolute Gasteiger partial charge is 0.0406 e. The van der Waals surface area contributed by atoms with Gasteiger partial charge in [0.2, 0.25) is 0 Å². The Balaban J connectivity index is 2.29. The highest BCUT2D eigenvalue weighted by Gasteiger charge is 2.46. The van der Waals surface area contributed by atoms with Gasteiger partial charge in [-0.1, -0.05) is 50.4 Å². The van der Waals surface area contributed by atoms with Gasteiger partial charge in [-0.15, -0.1) is 0 Å². The molecular formula is C18H28ClN. The molecule has 112 valence electrons. The zero-order valence-electron chi connectivity index (χ0n) is 13.3. The molecule has 0 aliphatic heterocycles. The lowest BCUT2D eigenvalue weighted by Crippen LogP contribution is -2.52. The van der Waals surface area contributed by atoms with E-state index in [4.69, 9.17) is 11.6 Å². The summed E-state index contributed by atoms with van der Waals surface area (Å²) in [5, 5.41) is 0.839. The fraction of sp³-hybridized carbons (Fsp3) is 0.667. The van der Waals surface area contributed by atoms with E-state index < -0.39 is 0 Å². The predicted octanol–water partition coefficient (Wildman–Crippen LogP) is 5.13. The molecule has 1 aromatic carbocycles. The lowest BCUT2D eigenvalue weighted by Gasteiger charge is -2.51. The van der Waals surface area contributed by atoms with E-state index >= 15 is 0 Å². The molecule has 1 aliphatic carbocycles. The van der Waals surface area contributed by atoms with Gasteiger partial charge in [0.25, 0.3) is 0 Å². The van der Waals surface area contributed by atoms with Crippen LogP contribution in [0.4, 0.5) is 0 Å². The van der Waals surface area contributed by atoms with Crippen LogP contribution in [0.2, 0.25) is 5.02 Å². The summed E-state index contributed by atoms with van der Waals surface area (Å²) in [5.41, 5.74) is 1.83. The summed E-state index contributed by atoms with van der Waals surface area (Å²) in [7, 11) is 4.48. The molecule has 0 heterocycles. The molecule has 2 rings (SSSR count). The summed E-state index contributed by atoms with van der Waals surface area (Å²) in [6, 6.07) is 9.22. The largest absolute Gasteiger partial charge is 0.306 e. The third kappa shape index (κ3) is 3.04. The van der Waals surface area contributed by atoms with Crippen LogP contribution in [0.3, 0.4) is 0 Å². The Morgan fingerprint density at radius 3 is 2.20 bits per heavy atom. The van der Waals surface area contributed by atoms with Gasteiger partial charge < -0.3 is 4.90 Å². The molecule has 0 radical (unpaired) electrons. The zero-order valence-corrected chi connectivity index (χ0v) is 14.1. The van der Waals surface area contributed by atoms with Crippen LogP contribution in [0.15, 0.2) is 24.3 Å². The third-order valence-electron chi connectivity index (χ3n) is 5.25. The van der Waals surface area contributed by atoms with Crippen molar-refractivity contribution in [1.82, 2.24) is 4.90 Å². The Hall–Kier alpha value is -0.530. The first-order valence-corrected chi connectivity index (χ1v) is 8.30. The predicted molar refractivity (Wildman–Crippen MR) is 88.5 cm³/mol. The highest BCUT2D eigenvalue weighted by atomic mass is 35.5. The number of likely N-dealkylation sites (N-methyl/N-ethyl adjacent to an activating group) is 1. The minimum absolute atomic E-state index is 0.345. The Bertz CT molecular complexity index is 420. The molecule has 0 saturated heterocycles. The molecule has 1 aliphatic rings. The van der Waals surface area contributed by atoms with E-state index in [0.29, 0.717) is 11.5 Å². The van der Waals surface area contributed by atoms with Gasteiger partial charge >= 0.3 is 0 Å². The molecule has 0 amide bonds. The van der Waals surface area contributed by atoms with Gasteiger partial charge in [-0.3, -0.25) is 0 Å². The van der Waals surface area contributed by atoms with Gasteiger partial charge in [-0.25, -0.2) is 0 Å². The van der Waals surface area contributed by atoms with Crippen molar-refractivity contribution >= 4 is 11.6 Å². The van der Waals surface area contributed by atoms with Gasteiger partial charge in [-0.2, -0.15) is 0 Å². The summed E-state index contributed by atoms with van der Waals surface area (Å²) in [6.07, 6.45) is 6.53. The first-order chi connectivity index (χ1) is 9.49. The topological polar surface area (TPSA) is 3.24 Å². The maximum atomic E-state index is 6.06. The van der Waals surface area contributed by atoms with Gasteiger partial charge in [0.05, 0.1) is 0 Å². The fourth-order valence-electron chi connectivity index (χ4n) is 3.63. The van der Waals surface area contributed by atoms with Crippen LogP contribution in [-0.2, 0) is 5.41 Å². The van der Waals surface area contributed by atoms with Crippen molar-refractivity contribution in [2.24, 2.45) is 5.92 Å². The van der Waals surface area contributed by atoms with Crippen LogP contribution in [-0.4, -0.2) is 25.0 Å². The highest BCUT2D eigenvalue weighted by Crippen LogP contribution is 2.49. The van der Waals surface area contributed by atoms with E-state index in [1.54, 1.807) is 0 Å². The first kappa shape index (κ1) is 15.9. The van der Waals surface area contributed by atoms with Crippen molar-refractivity contribution in [3.63, 3.8) is 0 Å². The van der Waals surface area contributed by atoms with E-state index in [1.165, 1.54) is 37.7 Å². The van der Waals surface area contributed by atoms with Gasteiger partial charge in [0.15, 0.2) is 0 Å². The van der Waals surface area contributed by atoms with Crippen molar-refractivity contribution in [3.05, 3.63) is 34.9 Å². The Morgan fingerprint density at radius 2 is 1.80 bits per heavy atom. The van der Waals surface area contributed by atoms with Crippen LogP contribution in [0, 0.1) is 5.92 Å². The number of hydrogen-bond donors (Lipinski definition) is 0. The average molecular weight is 294 g/mol. The Labute approximate surface area is 129 Å². The van der Waals surface area contributed by atoms with Crippen molar-refractivity contribution < 1.29 is 0 Å².